The van der Waals surface area contributed by atoms with Crippen molar-refractivity contribution in [2.45, 2.75) is 18.9 Å². The lowest BCUT2D eigenvalue weighted by atomic mass is 10.1. The monoisotopic (exact) mass is 329 g/mol. The van der Waals surface area contributed by atoms with Crippen molar-refractivity contribution in [2.75, 3.05) is 13.2 Å². The van der Waals surface area contributed by atoms with Crippen molar-refractivity contribution >= 4 is 33.6 Å². The van der Waals surface area contributed by atoms with E-state index in [1.807, 2.05) is 6.07 Å². The molecule has 1 fully saturated rings. The van der Waals surface area contributed by atoms with E-state index in [9.17, 15) is 0 Å². The molecule has 84 valence electrons. The second-order valence-corrected chi connectivity index (χ2v) is 5.26. The average Bonchev–Trinajstić information content (AvgIpc) is 2.73. The van der Waals surface area contributed by atoms with Crippen LogP contribution in [0, 0.1) is 3.57 Å². The van der Waals surface area contributed by atoms with Gasteiger partial charge in [-0.2, -0.15) is 0 Å². The second kappa shape index (κ2) is 4.29. The third kappa shape index (κ3) is 1.82. The molecule has 0 bridgehead atoms. The number of ether oxygens (including phenoxy) is 1. The Morgan fingerprint density at radius 3 is 2.94 bits per heavy atom. The Balaban J connectivity index is 2.05. The van der Waals surface area contributed by atoms with Crippen molar-refractivity contribution in [3.8, 4) is 0 Å². The van der Waals surface area contributed by atoms with E-state index in [-0.39, 0.29) is 0 Å². The minimum absolute atomic E-state index is 0.442. The van der Waals surface area contributed by atoms with Gasteiger partial charge < -0.3 is 4.74 Å². The summed E-state index contributed by atoms with van der Waals surface area (Å²) in [6.45, 7) is 1.66. The van der Waals surface area contributed by atoms with Crippen LogP contribution < -0.4 is 0 Å². The van der Waals surface area contributed by atoms with Gasteiger partial charge in [-0.05, 0) is 53.6 Å². The number of rotatable bonds is 1. The number of halogens is 1. The highest BCUT2D eigenvalue weighted by molar-refractivity contribution is 14.1. The number of aromatic nitrogens is 3. The molecule has 4 nitrogen and oxygen atoms in total. The molecule has 1 aliphatic rings. The van der Waals surface area contributed by atoms with Crippen LogP contribution in [0.1, 0.15) is 18.9 Å². The molecule has 1 saturated heterocycles. The zero-order valence-electron chi connectivity index (χ0n) is 8.77. The second-order valence-electron chi connectivity index (χ2n) is 4.01. The number of fused-ring (bicyclic) bond motifs is 1. The van der Waals surface area contributed by atoms with Gasteiger partial charge in [0.2, 0.25) is 0 Å². The van der Waals surface area contributed by atoms with Gasteiger partial charge >= 0.3 is 0 Å². The molecule has 0 amide bonds. The average molecular weight is 329 g/mol. The van der Waals surface area contributed by atoms with Crippen molar-refractivity contribution in [3.63, 3.8) is 0 Å². The Morgan fingerprint density at radius 1 is 1.31 bits per heavy atom. The molecular formula is C11H12IN3O. The highest BCUT2D eigenvalue weighted by atomic mass is 127. The molecule has 0 aliphatic carbocycles. The summed E-state index contributed by atoms with van der Waals surface area (Å²) < 4.78 is 8.65. The van der Waals surface area contributed by atoms with Crippen molar-refractivity contribution < 1.29 is 4.74 Å². The van der Waals surface area contributed by atoms with Gasteiger partial charge in [0.15, 0.2) is 0 Å². The van der Waals surface area contributed by atoms with E-state index in [1.54, 1.807) is 0 Å². The van der Waals surface area contributed by atoms with E-state index in [2.05, 4.69) is 49.7 Å². The van der Waals surface area contributed by atoms with Crippen molar-refractivity contribution in [1.82, 2.24) is 15.0 Å². The molecule has 0 unspecified atom stereocenters. The molecule has 2 aromatic rings. The summed E-state index contributed by atoms with van der Waals surface area (Å²) in [5.41, 5.74) is 2.12. The topological polar surface area (TPSA) is 39.9 Å². The zero-order valence-corrected chi connectivity index (χ0v) is 10.9. The van der Waals surface area contributed by atoms with E-state index in [0.717, 1.165) is 37.1 Å². The van der Waals surface area contributed by atoms with Crippen LogP contribution in [0.5, 0.6) is 0 Å². The van der Waals surface area contributed by atoms with Crippen LogP contribution in [0.25, 0.3) is 11.0 Å². The maximum absolute atomic E-state index is 5.37. The molecule has 0 N–H and O–H groups in total. The van der Waals surface area contributed by atoms with Crippen LogP contribution in [0.4, 0.5) is 0 Å². The van der Waals surface area contributed by atoms with Gasteiger partial charge in [-0.15, -0.1) is 5.10 Å². The Morgan fingerprint density at radius 2 is 2.12 bits per heavy atom. The summed E-state index contributed by atoms with van der Waals surface area (Å²) in [7, 11) is 0. The Kier molecular flexibility index (Phi) is 2.81. The molecule has 3 rings (SSSR count). The standard InChI is InChI=1S/C11H12IN3O/c12-8-1-2-10-11(7-8)15(14-13-10)9-3-5-16-6-4-9/h1-2,7,9H,3-6H2. The maximum atomic E-state index is 5.37. The highest BCUT2D eigenvalue weighted by Crippen LogP contribution is 2.24. The Bertz CT molecular complexity index is 505. The fraction of sp³-hybridized carbons (Fsp3) is 0.455. The Labute approximate surface area is 107 Å². The lowest BCUT2D eigenvalue weighted by Crippen LogP contribution is -2.20. The predicted octanol–water partition coefficient (Wildman–Crippen LogP) is 2.39. The van der Waals surface area contributed by atoms with Crippen LogP contribution in [0.2, 0.25) is 0 Å². The fourth-order valence-corrected chi connectivity index (χ4v) is 2.58. The summed E-state index contributed by atoms with van der Waals surface area (Å²) in [4.78, 5) is 0. The lowest BCUT2D eigenvalue weighted by molar-refractivity contribution is 0.0669. The smallest absolute Gasteiger partial charge is 0.113 e. The van der Waals surface area contributed by atoms with Crippen LogP contribution in [0.15, 0.2) is 18.2 Å². The summed E-state index contributed by atoms with van der Waals surface area (Å²) in [5, 5.41) is 8.47. The van der Waals surface area contributed by atoms with E-state index in [4.69, 9.17) is 4.74 Å². The first-order valence-corrected chi connectivity index (χ1v) is 6.51. The summed E-state index contributed by atoms with van der Waals surface area (Å²) in [5.74, 6) is 0. The minimum Gasteiger partial charge on any atom is -0.381 e. The van der Waals surface area contributed by atoms with Crippen molar-refractivity contribution in [3.05, 3.63) is 21.8 Å². The van der Waals surface area contributed by atoms with E-state index in [0.29, 0.717) is 6.04 Å². The first-order valence-electron chi connectivity index (χ1n) is 5.43. The third-order valence-electron chi connectivity index (χ3n) is 2.97. The van der Waals surface area contributed by atoms with Gasteiger partial charge in [0.25, 0.3) is 0 Å². The molecule has 1 aromatic carbocycles. The quantitative estimate of drug-likeness (QED) is 0.755. The van der Waals surface area contributed by atoms with Crippen LogP contribution in [0.3, 0.4) is 0 Å². The van der Waals surface area contributed by atoms with Gasteiger partial charge in [0.05, 0.1) is 11.6 Å². The van der Waals surface area contributed by atoms with E-state index >= 15 is 0 Å². The van der Waals surface area contributed by atoms with Crippen molar-refractivity contribution in [1.29, 1.82) is 0 Å². The number of nitrogens with zero attached hydrogens (tertiary/aromatic N) is 3. The third-order valence-corrected chi connectivity index (χ3v) is 3.64. The van der Waals surface area contributed by atoms with Crippen molar-refractivity contribution in [2.24, 2.45) is 0 Å². The molecule has 1 aromatic heterocycles. The summed E-state index contributed by atoms with van der Waals surface area (Å²) >= 11 is 2.32. The van der Waals surface area contributed by atoms with Crippen LogP contribution >= 0.6 is 22.6 Å². The lowest BCUT2D eigenvalue weighted by Gasteiger charge is -2.22. The van der Waals surface area contributed by atoms with Gasteiger partial charge in [-0.1, -0.05) is 5.21 Å². The largest absolute Gasteiger partial charge is 0.381 e. The highest BCUT2D eigenvalue weighted by Gasteiger charge is 2.18. The Hall–Kier alpha value is -0.690. The van der Waals surface area contributed by atoms with Gasteiger partial charge in [0.1, 0.15) is 5.52 Å². The molecule has 0 saturated carbocycles. The minimum atomic E-state index is 0.442. The molecule has 0 spiro atoms. The molecule has 0 atom stereocenters. The molecule has 1 aliphatic heterocycles. The predicted molar refractivity (Wildman–Crippen MR) is 69.3 cm³/mol. The number of benzene rings is 1. The molecule has 5 heteroatoms. The zero-order chi connectivity index (χ0) is 11.0. The molecule has 16 heavy (non-hydrogen) atoms. The normalized spacial score (nSPS) is 18.1. The van der Waals surface area contributed by atoms with E-state index in [1.165, 1.54) is 3.57 Å². The van der Waals surface area contributed by atoms with Crippen LogP contribution in [-0.2, 0) is 4.74 Å². The fourth-order valence-electron chi connectivity index (χ4n) is 2.11. The van der Waals surface area contributed by atoms with E-state index < -0.39 is 0 Å². The molecule has 2 heterocycles. The SMILES string of the molecule is Ic1ccc2nnn(C3CCOCC3)c2c1. The summed E-state index contributed by atoms with van der Waals surface area (Å²) in [6.07, 6.45) is 2.06. The van der Waals surface area contributed by atoms with Gasteiger partial charge in [0, 0.05) is 16.8 Å². The first-order chi connectivity index (χ1) is 7.84. The van der Waals surface area contributed by atoms with Crippen LogP contribution in [-0.4, -0.2) is 28.2 Å². The maximum Gasteiger partial charge on any atom is 0.113 e. The number of hydrogen-bond acceptors (Lipinski definition) is 3. The molecule has 0 radical (unpaired) electrons. The first kappa shape index (κ1) is 10.5. The number of hydrogen-bond donors (Lipinski definition) is 0. The van der Waals surface area contributed by atoms with Gasteiger partial charge in [-0.25, -0.2) is 4.68 Å². The molecular weight excluding hydrogens is 317 g/mol. The van der Waals surface area contributed by atoms with Gasteiger partial charge in [-0.3, -0.25) is 0 Å². The summed E-state index contributed by atoms with van der Waals surface area (Å²) in [6, 6.07) is 6.67.